The number of hydrogen-bond donors (Lipinski definition) is 3. The van der Waals surface area contributed by atoms with Gasteiger partial charge in [0.15, 0.2) is 24.6 Å². The molecule has 1 aliphatic rings. The predicted molar refractivity (Wildman–Crippen MR) is 313 cm³/mol. The van der Waals surface area contributed by atoms with Crippen LogP contribution in [0.3, 0.4) is 0 Å². The fourth-order valence-corrected chi connectivity index (χ4v) is 9.86. The summed E-state index contributed by atoms with van der Waals surface area (Å²) in [6, 6.07) is 0. The molecule has 12 heteroatoms. The average molecular weight is 1090 g/mol. The third kappa shape index (κ3) is 43.4. The van der Waals surface area contributed by atoms with Crippen LogP contribution in [0.5, 0.6) is 0 Å². The second kappa shape index (κ2) is 53.6. The van der Waals surface area contributed by atoms with E-state index in [0.29, 0.717) is 19.3 Å². The zero-order chi connectivity index (χ0) is 56.1. The molecule has 6 atom stereocenters. The molecule has 1 heterocycles. The molecule has 1 aliphatic heterocycles. The number of aliphatic carboxylic acids is 1. The van der Waals surface area contributed by atoms with Gasteiger partial charge >= 0.3 is 23.9 Å². The van der Waals surface area contributed by atoms with Gasteiger partial charge in [0, 0.05) is 19.3 Å². The van der Waals surface area contributed by atoms with Crippen LogP contribution in [-0.4, -0.2) is 89.2 Å². The maximum Gasteiger partial charge on any atom is 0.335 e. The van der Waals surface area contributed by atoms with E-state index in [9.17, 15) is 34.5 Å². The number of ether oxygens (including phenoxy) is 5. The lowest BCUT2D eigenvalue weighted by Gasteiger charge is -2.40. The standard InChI is InChI=1S/C65H116O12/c1-4-7-10-13-16-19-22-25-27-29-31-34-36-39-42-45-48-51-57(66)73-54-56(75-58(67)52-49-46-43-40-37-33-24-21-18-15-12-9-6-3)55-74-65-63(61(70)60(69)62(77-65)64(71)72)76-59(68)53-50-47-44-41-38-35-32-30-28-26-23-20-17-14-11-8-5-2/h7,10,16,19,25,27,56,60-63,65,69-70H,4-6,8-9,11-15,17-18,20-24,26,28-55H2,1-3H3,(H,71,72)/b10-7-,19-16-,27-25-. The van der Waals surface area contributed by atoms with Gasteiger partial charge in [-0.2, -0.15) is 0 Å². The topological polar surface area (TPSA) is 175 Å². The summed E-state index contributed by atoms with van der Waals surface area (Å²) in [5.41, 5.74) is 0. The Labute approximate surface area is 470 Å². The number of aliphatic hydroxyl groups is 2. The zero-order valence-electron chi connectivity index (χ0n) is 49.5. The number of carboxylic acid groups (broad SMARTS) is 1. The quantitative estimate of drug-likeness (QED) is 0.0228. The third-order valence-corrected chi connectivity index (χ3v) is 14.7. The van der Waals surface area contributed by atoms with Gasteiger partial charge in [-0.3, -0.25) is 14.4 Å². The number of aliphatic hydroxyl groups excluding tert-OH is 2. The van der Waals surface area contributed by atoms with Crippen molar-refractivity contribution in [3.05, 3.63) is 36.5 Å². The van der Waals surface area contributed by atoms with Gasteiger partial charge in [0.25, 0.3) is 0 Å². The third-order valence-electron chi connectivity index (χ3n) is 14.7. The van der Waals surface area contributed by atoms with Crippen molar-refractivity contribution in [1.29, 1.82) is 0 Å². The summed E-state index contributed by atoms with van der Waals surface area (Å²) in [6.07, 6.45) is 51.0. The predicted octanol–water partition coefficient (Wildman–Crippen LogP) is 16.8. The molecule has 6 unspecified atom stereocenters. The van der Waals surface area contributed by atoms with E-state index >= 15 is 0 Å². The Balaban J connectivity index is 2.64. The number of carboxylic acids is 1. The molecule has 0 aromatic rings. The summed E-state index contributed by atoms with van der Waals surface area (Å²) in [5, 5.41) is 31.6. The van der Waals surface area contributed by atoms with Gasteiger partial charge < -0.3 is 39.0 Å². The fraction of sp³-hybridized carbons (Fsp3) is 0.846. The van der Waals surface area contributed by atoms with Crippen LogP contribution >= 0.6 is 0 Å². The summed E-state index contributed by atoms with van der Waals surface area (Å²) in [5.74, 6) is -3.10. The summed E-state index contributed by atoms with van der Waals surface area (Å²) in [6.45, 7) is 5.92. The average Bonchev–Trinajstić information content (AvgIpc) is 3.42. The lowest BCUT2D eigenvalue weighted by atomic mass is 9.98. The first-order valence-corrected chi connectivity index (χ1v) is 32.0. The smallest absolute Gasteiger partial charge is 0.335 e. The van der Waals surface area contributed by atoms with Crippen molar-refractivity contribution < 1.29 is 58.2 Å². The van der Waals surface area contributed by atoms with Crippen molar-refractivity contribution in [2.75, 3.05) is 13.2 Å². The van der Waals surface area contributed by atoms with Crippen molar-refractivity contribution >= 4 is 23.9 Å². The molecule has 0 aliphatic carbocycles. The normalized spacial score (nSPS) is 18.2. The molecule has 0 aromatic heterocycles. The van der Waals surface area contributed by atoms with Gasteiger partial charge in [0.2, 0.25) is 0 Å². The molecule has 0 radical (unpaired) electrons. The minimum atomic E-state index is -1.90. The lowest BCUT2D eigenvalue weighted by molar-refractivity contribution is -0.301. The molecule has 3 N–H and O–H groups in total. The molecule has 0 amide bonds. The first-order valence-electron chi connectivity index (χ1n) is 32.0. The van der Waals surface area contributed by atoms with Crippen molar-refractivity contribution in [3.8, 4) is 0 Å². The molecule has 0 bridgehead atoms. The number of unbranched alkanes of at least 4 members (excludes halogenated alkanes) is 35. The highest BCUT2D eigenvalue weighted by Gasteiger charge is 2.50. The summed E-state index contributed by atoms with van der Waals surface area (Å²) in [7, 11) is 0. The summed E-state index contributed by atoms with van der Waals surface area (Å²) < 4.78 is 28.5. The highest BCUT2D eigenvalue weighted by Crippen LogP contribution is 2.27. The van der Waals surface area contributed by atoms with E-state index in [0.717, 1.165) is 89.9 Å². The monoisotopic (exact) mass is 1090 g/mol. The Morgan fingerprint density at radius 3 is 1.25 bits per heavy atom. The molecule has 1 saturated heterocycles. The van der Waals surface area contributed by atoms with Gasteiger partial charge in [-0.25, -0.2) is 4.79 Å². The Bertz CT molecular complexity index is 1480. The largest absolute Gasteiger partial charge is 0.479 e. The van der Waals surface area contributed by atoms with Gasteiger partial charge in [-0.15, -0.1) is 0 Å². The number of esters is 3. The van der Waals surface area contributed by atoms with Crippen molar-refractivity contribution in [2.24, 2.45) is 0 Å². The molecule has 1 fully saturated rings. The van der Waals surface area contributed by atoms with Crippen molar-refractivity contribution in [2.45, 2.75) is 340 Å². The molecule has 77 heavy (non-hydrogen) atoms. The number of rotatable bonds is 55. The van der Waals surface area contributed by atoms with E-state index in [1.807, 2.05) is 0 Å². The van der Waals surface area contributed by atoms with Crippen LogP contribution in [0.25, 0.3) is 0 Å². The second-order valence-electron chi connectivity index (χ2n) is 22.0. The fourth-order valence-electron chi connectivity index (χ4n) is 9.86. The molecule has 0 spiro atoms. The minimum Gasteiger partial charge on any atom is -0.479 e. The zero-order valence-corrected chi connectivity index (χ0v) is 49.5. The van der Waals surface area contributed by atoms with E-state index in [2.05, 4.69) is 57.2 Å². The van der Waals surface area contributed by atoms with Crippen LogP contribution in [-0.2, 0) is 42.9 Å². The van der Waals surface area contributed by atoms with Crippen molar-refractivity contribution in [1.82, 2.24) is 0 Å². The number of allylic oxidation sites excluding steroid dienone is 6. The van der Waals surface area contributed by atoms with Gasteiger partial charge in [0.1, 0.15) is 18.8 Å². The van der Waals surface area contributed by atoms with E-state index in [-0.39, 0.29) is 25.9 Å². The van der Waals surface area contributed by atoms with E-state index < -0.39 is 67.3 Å². The van der Waals surface area contributed by atoms with Gasteiger partial charge in [0.05, 0.1) is 6.61 Å². The van der Waals surface area contributed by atoms with Crippen LogP contribution in [0.2, 0.25) is 0 Å². The molecular weight excluding hydrogens is 973 g/mol. The van der Waals surface area contributed by atoms with E-state index in [1.54, 1.807) is 0 Å². The van der Waals surface area contributed by atoms with Crippen LogP contribution in [0.4, 0.5) is 0 Å². The lowest BCUT2D eigenvalue weighted by Crippen LogP contribution is -2.61. The minimum absolute atomic E-state index is 0.0661. The van der Waals surface area contributed by atoms with E-state index in [4.69, 9.17) is 23.7 Å². The van der Waals surface area contributed by atoms with Crippen LogP contribution in [0.15, 0.2) is 36.5 Å². The van der Waals surface area contributed by atoms with Gasteiger partial charge in [-0.1, -0.05) is 269 Å². The Hall–Kier alpha value is -3.06. The first kappa shape index (κ1) is 72.0. The Kier molecular flexibility index (Phi) is 50.1. The van der Waals surface area contributed by atoms with E-state index in [1.165, 1.54) is 154 Å². The molecule has 1 rings (SSSR count). The maximum absolute atomic E-state index is 13.2. The first-order chi connectivity index (χ1) is 37.6. The number of hydrogen-bond acceptors (Lipinski definition) is 11. The SMILES string of the molecule is CC/C=C\C/C=C\C/C=C\CCCCCCCCCC(=O)OCC(COC1OC(C(=O)O)C(O)C(O)C1OC(=O)CCCCCCCCCCCCCCCCCCC)OC(=O)CCCCCCCCCCCCCCC. The van der Waals surface area contributed by atoms with Crippen LogP contribution < -0.4 is 0 Å². The summed E-state index contributed by atoms with van der Waals surface area (Å²) in [4.78, 5) is 51.2. The van der Waals surface area contributed by atoms with Crippen LogP contribution in [0.1, 0.15) is 303 Å². The molecule has 448 valence electrons. The Morgan fingerprint density at radius 1 is 0.442 bits per heavy atom. The number of carbonyl (C=O) groups excluding carboxylic acids is 3. The highest BCUT2D eigenvalue weighted by atomic mass is 16.7. The summed E-state index contributed by atoms with van der Waals surface area (Å²) >= 11 is 0. The highest BCUT2D eigenvalue weighted by molar-refractivity contribution is 5.74. The molecular formula is C65H116O12. The molecule has 0 aromatic carbocycles. The van der Waals surface area contributed by atoms with Crippen LogP contribution in [0, 0.1) is 0 Å². The number of carbonyl (C=O) groups is 4. The second-order valence-corrected chi connectivity index (χ2v) is 22.0. The van der Waals surface area contributed by atoms with Gasteiger partial charge in [-0.05, 0) is 51.4 Å². The maximum atomic E-state index is 13.2. The Morgan fingerprint density at radius 2 is 0.818 bits per heavy atom. The van der Waals surface area contributed by atoms with Crippen molar-refractivity contribution in [3.63, 3.8) is 0 Å². The molecule has 0 saturated carbocycles. The molecule has 12 nitrogen and oxygen atoms in total.